The Labute approximate surface area is 153 Å². The molecule has 0 aliphatic rings. The molecular weight excluding hydrogens is 334 g/mol. The highest BCUT2D eigenvalue weighted by Crippen LogP contribution is 2.14. The molecule has 0 spiro atoms. The van der Waals surface area contributed by atoms with E-state index in [1.165, 1.54) is 17.0 Å². The molecule has 1 aromatic carbocycles. The van der Waals surface area contributed by atoms with Crippen molar-refractivity contribution < 1.29 is 9.59 Å². The molecule has 2 aromatic rings. The summed E-state index contributed by atoms with van der Waals surface area (Å²) in [6.07, 6.45) is 1.90. The number of benzene rings is 1. The van der Waals surface area contributed by atoms with Gasteiger partial charge in [-0.05, 0) is 44.0 Å². The SMILES string of the molecule is Cc1ccc(C(=O)NCC(=O)NCCCCN(C)c2ccccc2)s1. The molecule has 0 saturated carbocycles. The first-order valence-corrected chi connectivity index (χ1v) is 9.25. The molecule has 5 nitrogen and oxygen atoms in total. The first-order chi connectivity index (χ1) is 12.1. The lowest BCUT2D eigenvalue weighted by molar-refractivity contribution is -0.120. The summed E-state index contributed by atoms with van der Waals surface area (Å²) in [5.41, 5.74) is 1.19. The van der Waals surface area contributed by atoms with Crippen molar-refractivity contribution in [3.05, 3.63) is 52.2 Å². The molecule has 1 heterocycles. The van der Waals surface area contributed by atoms with E-state index < -0.39 is 0 Å². The van der Waals surface area contributed by atoms with Gasteiger partial charge in [-0.3, -0.25) is 9.59 Å². The molecule has 2 N–H and O–H groups in total. The fraction of sp³-hybridized carbons (Fsp3) is 0.368. The van der Waals surface area contributed by atoms with E-state index in [2.05, 4.69) is 34.7 Å². The van der Waals surface area contributed by atoms with E-state index in [1.54, 1.807) is 6.07 Å². The highest BCUT2D eigenvalue weighted by molar-refractivity contribution is 7.13. The summed E-state index contributed by atoms with van der Waals surface area (Å²) >= 11 is 1.42. The summed E-state index contributed by atoms with van der Waals surface area (Å²) in [6.45, 7) is 3.52. The van der Waals surface area contributed by atoms with E-state index in [-0.39, 0.29) is 18.4 Å². The number of thiophene rings is 1. The molecular formula is C19H25N3O2S. The topological polar surface area (TPSA) is 61.4 Å². The molecule has 6 heteroatoms. The Kier molecular flexibility index (Phi) is 7.47. The van der Waals surface area contributed by atoms with Crippen molar-refractivity contribution in [3.63, 3.8) is 0 Å². The average molecular weight is 359 g/mol. The highest BCUT2D eigenvalue weighted by Gasteiger charge is 2.09. The van der Waals surface area contributed by atoms with Gasteiger partial charge in [0.25, 0.3) is 5.91 Å². The second-order valence-electron chi connectivity index (χ2n) is 5.91. The molecule has 1 aromatic heterocycles. The fourth-order valence-corrected chi connectivity index (χ4v) is 3.16. The zero-order valence-corrected chi connectivity index (χ0v) is 15.6. The van der Waals surface area contributed by atoms with Crippen LogP contribution < -0.4 is 15.5 Å². The van der Waals surface area contributed by atoms with Crippen molar-refractivity contribution in [1.82, 2.24) is 10.6 Å². The Hall–Kier alpha value is -2.34. The van der Waals surface area contributed by atoms with Gasteiger partial charge >= 0.3 is 0 Å². The quantitative estimate of drug-likeness (QED) is 0.677. The third kappa shape index (κ3) is 6.58. The van der Waals surface area contributed by atoms with Gasteiger partial charge in [0.1, 0.15) is 0 Å². The monoisotopic (exact) mass is 359 g/mol. The number of anilines is 1. The van der Waals surface area contributed by atoms with Crippen LogP contribution in [0.5, 0.6) is 0 Å². The van der Waals surface area contributed by atoms with E-state index >= 15 is 0 Å². The first kappa shape index (κ1) is 19.0. The van der Waals surface area contributed by atoms with E-state index in [0.29, 0.717) is 11.4 Å². The van der Waals surface area contributed by atoms with E-state index in [0.717, 1.165) is 24.3 Å². The Balaban J connectivity index is 1.56. The van der Waals surface area contributed by atoms with Crippen molar-refractivity contribution in [2.75, 3.05) is 31.6 Å². The molecule has 0 aliphatic heterocycles. The molecule has 0 atom stereocenters. The Morgan fingerprint density at radius 3 is 2.48 bits per heavy atom. The second kappa shape index (κ2) is 9.84. The molecule has 25 heavy (non-hydrogen) atoms. The van der Waals surface area contributed by atoms with Gasteiger partial charge < -0.3 is 15.5 Å². The Morgan fingerprint density at radius 1 is 1.04 bits per heavy atom. The molecule has 2 amide bonds. The van der Waals surface area contributed by atoms with Crippen molar-refractivity contribution >= 4 is 28.8 Å². The number of hydrogen-bond acceptors (Lipinski definition) is 4. The zero-order valence-electron chi connectivity index (χ0n) is 14.7. The van der Waals surface area contributed by atoms with Crippen LogP contribution in [0.25, 0.3) is 0 Å². The minimum Gasteiger partial charge on any atom is -0.375 e. The summed E-state index contributed by atoms with van der Waals surface area (Å²) in [5, 5.41) is 5.48. The largest absolute Gasteiger partial charge is 0.375 e. The van der Waals surface area contributed by atoms with Crippen LogP contribution in [-0.2, 0) is 4.79 Å². The third-order valence-electron chi connectivity index (χ3n) is 3.81. The van der Waals surface area contributed by atoms with Crippen LogP contribution in [0.3, 0.4) is 0 Å². The number of para-hydroxylation sites is 1. The minimum absolute atomic E-state index is 0.0136. The van der Waals surface area contributed by atoms with Crippen LogP contribution in [0, 0.1) is 6.92 Å². The maximum atomic E-state index is 11.9. The van der Waals surface area contributed by atoms with Crippen molar-refractivity contribution in [1.29, 1.82) is 0 Å². The van der Waals surface area contributed by atoms with Gasteiger partial charge in [0.05, 0.1) is 11.4 Å². The summed E-state index contributed by atoms with van der Waals surface area (Å²) in [7, 11) is 2.07. The van der Waals surface area contributed by atoms with Gasteiger partial charge in [-0.15, -0.1) is 11.3 Å². The lowest BCUT2D eigenvalue weighted by atomic mass is 10.2. The number of amides is 2. The van der Waals surface area contributed by atoms with Crippen molar-refractivity contribution in [2.45, 2.75) is 19.8 Å². The normalized spacial score (nSPS) is 10.3. The number of carbonyl (C=O) groups excluding carboxylic acids is 2. The summed E-state index contributed by atoms with van der Waals surface area (Å²) in [6, 6.07) is 13.9. The molecule has 0 unspecified atom stereocenters. The first-order valence-electron chi connectivity index (χ1n) is 8.44. The predicted octanol–water partition coefficient (Wildman–Crippen LogP) is 2.82. The van der Waals surface area contributed by atoms with Gasteiger partial charge in [0.2, 0.25) is 5.91 Å². The standard InChI is InChI=1S/C19H25N3O2S/c1-15-10-11-17(25-15)19(24)21-14-18(23)20-12-6-7-13-22(2)16-8-4-3-5-9-16/h3-5,8-11H,6-7,12-14H2,1-2H3,(H,20,23)(H,21,24). The maximum Gasteiger partial charge on any atom is 0.261 e. The van der Waals surface area contributed by atoms with Crippen LogP contribution in [0.15, 0.2) is 42.5 Å². The number of nitrogens with zero attached hydrogens (tertiary/aromatic N) is 1. The molecule has 0 fully saturated rings. The number of nitrogens with one attached hydrogen (secondary N) is 2. The average Bonchev–Trinajstić information content (AvgIpc) is 3.06. The van der Waals surface area contributed by atoms with Gasteiger partial charge in [0, 0.05) is 30.7 Å². The smallest absolute Gasteiger partial charge is 0.261 e. The number of rotatable bonds is 9. The van der Waals surface area contributed by atoms with E-state index in [9.17, 15) is 9.59 Å². The van der Waals surface area contributed by atoms with Crippen LogP contribution in [0.4, 0.5) is 5.69 Å². The van der Waals surface area contributed by atoms with Gasteiger partial charge in [0.15, 0.2) is 0 Å². The number of aryl methyl sites for hydroxylation is 1. The molecule has 134 valence electrons. The zero-order chi connectivity index (χ0) is 18.1. The van der Waals surface area contributed by atoms with E-state index in [4.69, 9.17) is 0 Å². The van der Waals surface area contributed by atoms with Gasteiger partial charge in [-0.25, -0.2) is 0 Å². The van der Waals surface area contributed by atoms with Crippen molar-refractivity contribution in [3.8, 4) is 0 Å². The maximum absolute atomic E-state index is 11.9. The summed E-state index contributed by atoms with van der Waals surface area (Å²) < 4.78 is 0. The predicted molar refractivity (Wildman–Crippen MR) is 103 cm³/mol. The third-order valence-corrected chi connectivity index (χ3v) is 4.81. The van der Waals surface area contributed by atoms with Crippen LogP contribution in [0.2, 0.25) is 0 Å². The summed E-state index contributed by atoms with van der Waals surface area (Å²) in [4.78, 5) is 27.5. The molecule has 0 bridgehead atoms. The number of hydrogen-bond donors (Lipinski definition) is 2. The number of carbonyl (C=O) groups is 2. The van der Waals surface area contributed by atoms with Gasteiger partial charge in [-0.1, -0.05) is 18.2 Å². The molecule has 2 rings (SSSR count). The lowest BCUT2D eigenvalue weighted by Gasteiger charge is -2.19. The van der Waals surface area contributed by atoms with Gasteiger partial charge in [-0.2, -0.15) is 0 Å². The molecule has 0 saturated heterocycles. The molecule has 0 aliphatic carbocycles. The fourth-order valence-electron chi connectivity index (χ4n) is 2.38. The second-order valence-corrected chi connectivity index (χ2v) is 7.20. The van der Waals surface area contributed by atoms with Crippen LogP contribution in [0.1, 0.15) is 27.4 Å². The highest BCUT2D eigenvalue weighted by atomic mass is 32.1. The summed E-state index contributed by atoms with van der Waals surface area (Å²) in [5.74, 6) is -0.351. The Bertz CT molecular complexity index is 685. The number of unbranched alkanes of at least 4 members (excludes halogenated alkanes) is 1. The minimum atomic E-state index is -0.197. The van der Waals surface area contributed by atoms with Crippen LogP contribution in [-0.4, -0.2) is 38.5 Å². The van der Waals surface area contributed by atoms with Crippen molar-refractivity contribution in [2.24, 2.45) is 0 Å². The Morgan fingerprint density at radius 2 is 1.80 bits per heavy atom. The van der Waals surface area contributed by atoms with E-state index in [1.807, 2.05) is 31.2 Å². The molecule has 0 radical (unpaired) electrons. The van der Waals surface area contributed by atoms with Crippen LogP contribution >= 0.6 is 11.3 Å². The lowest BCUT2D eigenvalue weighted by Crippen LogP contribution is -2.37.